The normalized spacial score (nSPS) is 24.3. The molecule has 6 nitrogen and oxygen atoms in total. The Morgan fingerprint density at radius 2 is 2.12 bits per heavy atom. The number of amides is 1. The van der Waals surface area contributed by atoms with E-state index in [0.717, 1.165) is 37.6 Å². The maximum absolute atomic E-state index is 12.7. The lowest BCUT2D eigenvalue weighted by Crippen LogP contribution is -2.43. The molecule has 0 aliphatic carbocycles. The Morgan fingerprint density at radius 3 is 2.92 bits per heavy atom. The highest BCUT2D eigenvalue weighted by molar-refractivity contribution is 7.08. The average Bonchev–Trinajstić information content (AvgIpc) is 3.24. The first-order valence-corrected chi connectivity index (χ1v) is 9.11. The van der Waals surface area contributed by atoms with Crippen LogP contribution in [0, 0.1) is 5.41 Å². The van der Waals surface area contributed by atoms with Crippen LogP contribution in [0.25, 0.3) is 0 Å². The van der Waals surface area contributed by atoms with Gasteiger partial charge in [0.2, 0.25) is 5.95 Å². The van der Waals surface area contributed by atoms with Gasteiger partial charge in [-0.2, -0.15) is 11.3 Å². The summed E-state index contributed by atoms with van der Waals surface area (Å²) in [6.45, 7) is 4.38. The van der Waals surface area contributed by atoms with E-state index in [1.807, 2.05) is 27.8 Å². The highest BCUT2D eigenvalue weighted by Crippen LogP contribution is 2.35. The predicted molar refractivity (Wildman–Crippen MR) is 92.3 cm³/mol. The van der Waals surface area contributed by atoms with Crippen molar-refractivity contribution < 1.29 is 9.53 Å². The molecule has 0 bridgehead atoms. The van der Waals surface area contributed by atoms with E-state index in [9.17, 15) is 4.79 Å². The minimum absolute atomic E-state index is 0.0403. The number of carbonyl (C=O) groups is 1. The molecule has 0 N–H and O–H groups in total. The molecule has 2 fully saturated rings. The third-order valence-electron chi connectivity index (χ3n) is 4.77. The Balaban J connectivity index is 1.51. The van der Waals surface area contributed by atoms with Crippen molar-refractivity contribution in [2.45, 2.75) is 6.42 Å². The van der Waals surface area contributed by atoms with Crippen LogP contribution in [-0.4, -0.2) is 60.2 Å². The molecule has 0 aromatic carbocycles. The van der Waals surface area contributed by atoms with Crippen molar-refractivity contribution in [2.75, 3.05) is 44.3 Å². The molecule has 2 saturated heterocycles. The summed E-state index contributed by atoms with van der Waals surface area (Å²) in [5, 5.41) is 3.86. The first kappa shape index (κ1) is 15.5. The number of nitrogens with zero attached hydrogens (tertiary/aromatic N) is 4. The van der Waals surface area contributed by atoms with E-state index < -0.39 is 0 Å². The second-order valence-electron chi connectivity index (χ2n) is 6.51. The molecule has 126 valence electrons. The number of carbonyl (C=O) groups excluding carboxylic acids is 1. The fourth-order valence-electron chi connectivity index (χ4n) is 3.54. The lowest BCUT2D eigenvalue weighted by atomic mass is 9.87. The highest BCUT2D eigenvalue weighted by Gasteiger charge is 2.43. The van der Waals surface area contributed by atoms with Crippen LogP contribution < -0.4 is 4.90 Å². The number of hydrogen-bond acceptors (Lipinski definition) is 6. The van der Waals surface area contributed by atoms with E-state index >= 15 is 0 Å². The van der Waals surface area contributed by atoms with Crippen molar-refractivity contribution in [3.8, 4) is 0 Å². The molecule has 7 heteroatoms. The van der Waals surface area contributed by atoms with Gasteiger partial charge in [-0.15, -0.1) is 0 Å². The zero-order chi connectivity index (χ0) is 16.4. The number of thiophene rings is 1. The Hall–Kier alpha value is -1.99. The van der Waals surface area contributed by atoms with E-state index in [1.54, 1.807) is 23.7 Å². The lowest BCUT2D eigenvalue weighted by Gasteiger charge is -2.31. The number of rotatable bonds is 2. The molecule has 0 radical (unpaired) electrons. The van der Waals surface area contributed by atoms with Crippen LogP contribution in [-0.2, 0) is 4.74 Å². The molecular weight excluding hydrogens is 324 g/mol. The molecule has 4 heterocycles. The Labute approximate surface area is 145 Å². The zero-order valence-electron chi connectivity index (χ0n) is 13.4. The van der Waals surface area contributed by atoms with Gasteiger partial charge in [0.15, 0.2) is 0 Å². The summed E-state index contributed by atoms with van der Waals surface area (Å²) >= 11 is 1.56. The molecule has 4 rings (SSSR count). The average molecular weight is 344 g/mol. The van der Waals surface area contributed by atoms with Crippen LogP contribution in [0.2, 0.25) is 0 Å². The van der Waals surface area contributed by atoms with Crippen molar-refractivity contribution >= 4 is 23.2 Å². The molecule has 2 aliphatic heterocycles. The van der Waals surface area contributed by atoms with Gasteiger partial charge in [0.1, 0.15) is 0 Å². The van der Waals surface area contributed by atoms with Crippen molar-refractivity contribution in [1.82, 2.24) is 14.9 Å². The lowest BCUT2D eigenvalue weighted by molar-refractivity contribution is 0.0691. The van der Waals surface area contributed by atoms with Crippen LogP contribution in [0.5, 0.6) is 0 Å². The van der Waals surface area contributed by atoms with Gasteiger partial charge in [0.05, 0.1) is 18.8 Å². The van der Waals surface area contributed by atoms with Gasteiger partial charge in [-0.05, 0) is 23.9 Å². The molecule has 24 heavy (non-hydrogen) atoms. The fourth-order valence-corrected chi connectivity index (χ4v) is 4.17. The van der Waals surface area contributed by atoms with Gasteiger partial charge in [-0.3, -0.25) is 4.79 Å². The smallest absolute Gasteiger partial charge is 0.254 e. The summed E-state index contributed by atoms with van der Waals surface area (Å²) in [5.41, 5.74) is 0.736. The van der Waals surface area contributed by atoms with Crippen molar-refractivity contribution in [3.05, 3.63) is 40.8 Å². The van der Waals surface area contributed by atoms with E-state index in [2.05, 4.69) is 14.9 Å². The van der Waals surface area contributed by atoms with Crippen LogP contribution in [0.4, 0.5) is 5.95 Å². The summed E-state index contributed by atoms with van der Waals surface area (Å²) in [6, 6.07) is 3.72. The topological polar surface area (TPSA) is 58.6 Å². The van der Waals surface area contributed by atoms with Crippen molar-refractivity contribution in [2.24, 2.45) is 5.41 Å². The number of ether oxygens (including phenoxy) is 1. The van der Waals surface area contributed by atoms with Crippen molar-refractivity contribution in [1.29, 1.82) is 0 Å². The molecule has 2 aromatic rings. The largest absolute Gasteiger partial charge is 0.379 e. The number of aromatic nitrogens is 2. The molecule has 1 spiro atoms. The fraction of sp³-hybridized carbons (Fsp3) is 0.471. The Kier molecular flexibility index (Phi) is 4.20. The Bertz CT molecular complexity index is 694. The van der Waals surface area contributed by atoms with E-state index in [-0.39, 0.29) is 11.3 Å². The monoisotopic (exact) mass is 344 g/mol. The van der Waals surface area contributed by atoms with Crippen LogP contribution >= 0.6 is 11.3 Å². The Morgan fingerprint density at radius 1 is 1.25 bits per heavy atom. The van der Waals surface area contributed by atoms with Crippen LogP contribution in [0.15, 0.2) is 35.3 Å². The quantitative estimate of drug-likeness (QED) is 0.833. The molecule has 2 aromatic heterocycles. The predicted octanol–water partition coefficient (Wildman–Crippen LogP) is 1.91. The molecule has 1 amide bonds. The second-order valence-corrected chi connectivity index (χ2v) is 7.29. The standard InChI is InChI=1S/C17H20N4O2S/c22-15(14-2-9-24-10-14)20-7-8-23-13-17(11-20)3-6-21(12-17)16-18-4-1-5-19-16/h1-2,4-5,9-10H,3,6-8,11-13H2/t17-/m1/s1. The molecule has 0 saturated carbocycles. The van der Waals surface area contributed by atoms with Gasteiger partial charge in [0.25, 0.3) is 5.91 Å². The minimum Gasteiger partial charge on any atom is -0.379 e. The van der Waals surface area contributed by atoms with Crippen LogP contribution in [0.3, 0.4) is 0 Å². The van der Waals surface area contributed by atoms with Gasteiger partial charge < -0.3 is 14.5 Å². The summed E-state index contributed by atoms with van der Waals surface area (Å²) in [4.78, 5) is 25.6. The number of anilines is 1. The first-order chi connectivity index (χ1) is 11.8. The maximum atomic E-state index is 12.7. The van der Waals surface area contributed by atoms with Gasteiger partial charge in [-0.1, -0.05) is 0 Å². The number of hydrogen-bond donors (Lipinski definition) is 0. The molecule has 0 unspecified atom stereocenters. The first-order valence-electron chi connectivity index (χ1n) is 8.17. The van der Waals surface area contributed by atoms with Crippen molar-refractivity contribution in [3.63, 3.8) is 0 Å². The molecule has 1 atom stereocenters. The summed E-state index contributed by atoms with van der Waals surface area (Å²) in [5.74, 6) is 0.866. The van der Waals surface area contributed by atoms with E-state index in [0.29, 0.717) is 19.8 Å². The van der Waals surface area contributed by atoms with E-state index in [4.69, 9.17) is 4.74 Å². The summed E-state index contributed by atoms with van der Waals surface area (Å²) in [6.07, 6.45) is 4.52. The molecular formula is C17H20N4O2S. The summed E-state index contributed by atoms with van der Waals surface area (Å²) < 4.78 is 5.86. The molecule has 2 aliphatic rings. The van der Waals surface area contributed by atoms with Gasteiger partial charge in [-0.25, -0.2) is 9.97 Å². The zero-order valence-corrected chi connectivity index (χ0v) is 14.2. The third-order valence-corrected chi connectivity index (χ3v) is 5.45. The highest BCUT2D eigenvalue weighted by atomic mass is 32.1. The SMILES string of the molecule is O=C(c1ccsc1)N1CCOC[C@]2(CCN(c3ncccn3)C2)C1. The van der Waals surface area contributed by atoms with Gasteiger partial charge >= 0.3 is 0 Å². The second kappa shape index (κ2) is 6.49. The maximum Gasteiger partial charge on any atom is 0.254 e. The summed E-state index contributed by atoms with van der Waals surface area (Å²) in [7, 11) is 0. The minimum atomic E-state index is -0.0403. The third kappa shape index (κ3) is 3.01. The van der Waals surface area contributed by atoms with E-state index in [1.165, 1.54) is 0 Å². The van der Waals surface area contributed by atoms with Gasteiger partial charge in [0, 0.05) is 49.4 Å². The van der Waals surface area contributed by atoms with Crippen LogP contribution in [0.1, 0.15) is 16.8 Å².